The number of alkyl halides is 17. The molecular weight excluding hydrogens is 693 g/mol. The second-order valence-electron chi connectivity index (χ2n) is 9.34. The van der Waals surface area contributed by atoms with Gasteiger partial charge in [-0.1, -0.05) is 38.2 Å². The van der Waals surface area contributed by atoms with Crippen LogP contribution in [0.1, 0.15) is 57.8 Å². The van der Waals surface area contributed by atoms with E-state index in [1.807, 2.05) is 35.2 Å². The fourth-order valence-corrected chi connectivity index (χ4v) is 3.64. The van der Waals surface area contributed by atoms with E-state index in [4.69, 9.17) is 0 Å². The Hall–Kier alpha value is -1.56. The zero-order valence-corrected chi connectivity index (χ0v) is 22.8. The van der Waals surface area contributed by atoms with Crippen molar-refractivity contribution >= 4 is 0 Å². The Kier molecular flexibility index (Phi) is 13.5. The molecule has 0 unspecified atom stereocenters. The number of hydrogen-bond acceptors (Lipinski definition) is 0. The van der Waals surface area contributed by atoms with Crippen LogP contribution in [0.15, 0.2) is 30.6 Å². The van der Waals surface area contributed by atoms with E-state index in [1.165, 1.54) is 0 Å². The third kappa shape index (κ3) is 7.74. The van der Waals surface area contributed by atoms with Crippen LogP contribution in [0.25, 0.3) is 0 Å². The van der Waals surface area contributed by atoms with E-state index in [2.05, 4.69) is 0 Å². The van der Waals surface area contributed by atoms with E-state index >= 15 is 0 Å². The van der Waals surface area contributed by atoms with Crippen molar-refractivity contribution in [2.45, 2.75) is 112 Å². The molecule has 0 spiro atoms. The summed E-state index contributed by atoms with van der Waals surface area (Å²) in [6.45, 7) is 0.710. The monoisotopic (exact) mass is 717 g/mol. The predicted octanol–water partition coefficient (Wildman–Crippen LogP) is 6.50. The highest BCUT2D eigenvalue weighted by Crippen LogP contribution is 2.64. The van der Waals surface area contributed by atoms with Crippen LogP contribution in [0.5, 0.6) is 0 Å². The Morgan fingerprint density at radius 3 is 1.12 bits per heavy atom. The summed E-state index contributed by atoms with van der Waals surface area (Å²) in [6.07, 6.45) is -4.67. The van der Waals surface area contributed by atoms with Crippen molar-refractivity contribution in [3.63, 3.8) is 0 Å². The molecule has 0 atom stereocenters. The van der Waals surface area contributed by atoms with Crippen LogP contribution < -0.4 is 21.5 Å². The second-order valence-corrected chi connectivity index (χ2v) is 9.34. The molecule has 1 aromatic heterocycles. The van der Waals surface area contributed by atoms with Crippen molar-refractivity contribution < 1.29 is 96.2 Å². The molecular formula is C23H25BrF17N. The van der Waals surface area contributed by atoms with Crippen molar-refractivity contribution in [3.05, 3.63) is 30.6 Å². The first-order chi connectivity index (χ1) is 18.3. The fraction of sp³-hybridized carbons (Fsp3) is 0.783. The molecule has 0 radical (unpaired) electrons. The van der Waals surface area contributed by atoms with E-state index in [1.54, 1.807) is 0 Å². The Balaban J connectivity index is 0.0000168. The maximum absolute atomic E-state index is 13.9. The van der Waals surface area contributed by atoms with Gasteiger partial charge in [-0.3, -0.25) is 0 Å². The number of rotatable bonds is 17. The summed E-state index contributed by atoms with van der Waals surface area (Å²) in [4.78, 5) is 0. The zero-order chi connectivity index (χ0) is 32.2. The van der Waals surface area contributed by atoms with Crippen LogP contribution in [-0.4, -0.2) is 47.6 Å². The van der Waals surface area contributed by atoms with Crippen molar-refractivity contribution in [1.82, 2.24) is 0 Å². The molecule has 0 N–H and O–H groups in total. The highest BCUT2D eigenvalue weighted by molar-refractivity contribution is 5.15. The van der Waals surface area contributed by atoms with E-state index in [9.17, 15) is 74.6 Å². The summed E-state index contributed by atoms with van der Waals surface area (Å²) >= 11 is 0. The molecule has 42 heavy (non-hydrogen) atoms. The molecule has 1 nitrogen and oxygen atoms in total. The minimum Gasteiger partial charge on any atom is -1.00 e. The van der Waals surface area contributed by atoms with Crippen molar-refractivity contribution in [2.75, 3.05) is 0 Å². The molecule has 1 rings (SSSR count). The molecule has 1 aromatic rings. The van der Waals surface area contributed by atoms with Gasteiger partial charge in [0.1, 0.15) is 6.54 Å². The van der Waals surface area contributed by atoms with Crippen LogP contribution in [-0.2, 0) is 6.54 Å². The lowest BCUT2D eigenvalue weighted by atomic mass is 9.87. The van der Waals surface area contributed by atoms with Gasteiger partial charge in [-0.15, -0.1) is 0 Å². The van der Waals surface area contributed by atoms with Gasteiger partial charge in [0.05, 0.1) is 0 Å². The third-order valence-corrected chi connectivity index (χ3v) is 6.22. The molecule has 0 aliphatic heterocycles. The summed E-state index contributed by atoms with van der Waals surface area (Å²) < 4.78 is 227. The Morgan fingerprint density at radius 2 is 0.714 bits per heavy atom. The van der Waals surface area contributed by atoms with Gasteiger partial charge in [0.25, 0.3) is 0 Å². The minimum atomic E-state index is -8.58. The van der Waals surface area contributed by atoms with Gasteiger partial charge in [-0.05, 0) is 12.8 Å². The van der Waals surface area contributed by atoms with Crippen LogP contribution in [0.4, 0.5) is 74.6 Å². The molecule has 0 bridgehead atoms. The van der Waals surface area contributed by atoms with Crippen LogP contribution >= 0.6 is 0 Å². The van der Waals surface area contributed by atoms with E-state index in [0.29, 0.717) is 25.8 Å². The SMILES string of the molecule is FC(F)(F)C(F)(F)C(F)(F)C(F)(F)C(F)(F)C(F)(F)C(F)(F)C(F)(F)CCCCCCCCCC[n+]1ccccc1.[Br-]. The largest absolute Gasteiger partial charge is 1.00 e. The quantitative estimate of drug-likeness (QED) is 0.0986. The van der Waals surface area contributed by atoms with Crippen LogP contribution in [0.3, 0.4) is 0 Å². The molecule has 0 aliphatic rings. The molecule has 19 heteroatoms. The van der Waals surface area contributed by atoms with Crippen LogP contribution in [0, 0.1) is 0 Å². The predicted molar refractivity (Wildman–Crippen MR) is 109 cm³/mol. The van der Waals surface area contributed by atoms with Crippen molar-refractivity contribution in [1.29, 1.82) is 0 Å². The molecule has 0 aliphatic carbocycles. The van der Waals surface area contributed by atoms with Gasteiger partial charge in [0.2, 0.25) is 0 Å². The van der Waals surface area contributed by atoms with Crippen molar-refractivity contribution in [2.24, 2.45) is 0 Å². The average molecular weight is 718 g/mol. The molecule has 0 aromatic carbocycles. The van der Waals surface area contributed by atoms with Gasteiger partial charge in [-0.25, -0.2) is 4.57 Å². The number of halogens is 18. The lowest BCUT2D eigenvalue weighted by molar-refractivity contribution is -0.697. The van der Waals surface area contributed by atoms with Gasteiger partial charge < -0.3 is 17.0 Å². The number of hydrogen-bond donors (Lipinski definition) is 0. The molecule has 248 valence electrons. The maximum Gasteiger partial charge on any atom is 0.460 e. The first-order valence-electron chi connectivity index (χ1n) is 12.0. The second kappa shape index (κ2) is 14.0. The minimum absolute atomic E-state index is 0. The summed E-state index contributed by atoms with van der Waals surface area (Å²) in [6, 6.07) is 5.46. The van der Waals surface area contributed by atoms with Gasteiger partial charge in [0.15, 0.2) is 12.4 Å². The van der Waals surface area contributed by atoms with E-state index in [0.717, 1.165) is 12.8 Å². The highest BCUT2D eigenvalue weighted by atomic mass is 79.9. The summed E-state index contributed by atoms with van der Waals surface area (Å²) in [5.74, 6) is -55.8. The van der Waals surface area contributed by atoms with Gasteiger partial charge in [-0.2, -0.15) is 74.6 Å². The first-order valence-corrected chi connectivity index (χ1v) is 12.0. The molecule has 0 amide bonds. The number of aromatic nitrogens is 1. The summed E-state index contributed by atoms with van der Waals surface area (Å²) in [5.41, 5.74) is 0. The maximum atomic E-state index is 13.9. The smallest absolute Gasteiger partial charge is 0.460 e. The van der Waals surface area contributed by atoms with Gasteiger partial charge in [0, 0.05) is 25.0 Å². The molecule has 0 fully saturated rings. The lowest BCUT2D eigenvalue weighted by Crippen LogP contribution is -3.00. The van der Waals surface area contributed by atoms with Gasteiger partial charge >= 0.3 is 47.6 Å². The first kappa shape index (κ1) is 40.4. The Labute approximate surface area is 239 Å². The fourth-order valence-electron chi connectivity index (χ4n) is 3.64. The number of nitrogens with zero attached hydrogens (tertiary/aromatic N) is 1. The highest BCUT2D eigenvalue weighted by Gasteiger charge is 2.95. The summed E-state index contributed by atoms with van der Waals surface area (Å²) in [7, 11) is 0. The lowest BCUT2D eigenvalue weighted by Gasteiger charge is -2.42. The molecule has 0 saturated carbocycles. The molecule has 0 saturated heterocycles. The molecule has 1 heterocycles. The average Bonchev–Trinajstić information content (AvgIpc) is 2.84. The summed E-state index contributed by atoms with van der Waals surface area (Å²) in [5, 5.41) is 0. The number of aryl methyl sites for hydroxylation is 1. The number of unbranched alkanes of at least 4 members (excludes halogenated alkanes) is 7. The zero-order valence-electron chi connectivity index (χ0n) is 21.2. The Morgan fingerprint density at radius 1 is 0.381 bits per heavy atom. The standard InChI is InChI=1S/C23H25F17N.BrH/c24-16(25,12-8-5-3-1-2-4-6-9-13-41-14-10-7-11-15-41)17(26,27)18(28,29)19(30,31)20(32,33)21(34,35)22(36,37)23(38,39)40;/h7,10-11,14-15H,1-6,8-9,12-13H2;1H/q+1;/p-1. The number of pyridine rings is 1. The van der Waals surface area contributed by atoms with Crippen LogP contribution in [0.2, 0.25) is 0 Å². The topological polar surface area (TPSA) is 3.88 Å². The van der Waals surface area contributed by atoms with Crippen molar-refractivity contribution in [3.8, 4) is 0 Å². The normalized spacial score (nSPS) is 14.6. The Bertz CT molecular complexity index is 948. The van der Waals surface area contributed by atoms with E-state index in [-0.39, 0.29) is 29.8 Å². The third-order valence-electron chi connectivity index (χ3n) is 6.22. The van der Waals surface area contributed by atoms with E-state index < -0.39 is 60.5 Å².